The number of amides is 1. The van der Waals surface area contributed by atoms with Gasteiger partial charge in [0.2, 0.25) is 0 Å². The fraction of sp³-hybridized carbons (Fsp3) is 0.0526. The Morgan fingerprint density at radius 3 is 2.58 bits per heavy atom. The largest absolute Gasteiger partial charge is 0.484 e. The highest BCUT2D eigenvalue weighted by Gasteiger charge is 2.05. The molecule has 0 atom stereocenters. The van der Waals surface area contributed by atoms with Crippen molar-refractivity contribution < 1.29 is 9.53 Å². The molecule has 1 heterocycles. The Bertz CT molecular complexity index is 1030. The molecule has 0 spiro atoms. The number of tetrazole rings is 1. The molecule has 1 aromatic heterocycles. The van der Waals surface area contributed by atoms with Gasteiger partial charge >= 0.3 is 0 Å². The predicted octanol–water partition coefficient (Wildman–Crippen LogP) is 2.83. The van der Waals surface area contributed by atoms with Crippen LogP contribution in [0.25, 0.3) is 16.5 Å². The van der Waals surface area contributed by atoms with E-state index in [9.17, 15) is 4.79 Å². The van der Waals surface area contributed by atoms with Crippen LogP contribution in [0.4, 0.5) is 5.69 Å². The summed E-state index contributed by atoms with van der Waals surface area (Å²) in [7, 11) is 0. The summed E-state index contributed by atoms with van der Waals surface area (Å²) in [6.45, 7) is -0.0624. The minimum Gasteiger partial charge on any atom is -0.484 e. The van der Waals surface area contributed by atoms with Crippen LogP contribution >= 0.6 is 0 Å². The van der Waals surface area contributed by atoms with Gasteiger partial charge in [0, 0.05) is 5.69 Å². The first-order chi connectivity index (χ1) is 12.8. The molecule has 0 aliphatic carbocycles. The Balaban J connectivity index is 1.36. The lowest BCUT2D eigenvalue weighted by Gasteiger charge is -2.09. The van der Waals surface area contributed by atoms with Crippen LogP contribution in [0.2, 0.25) is 0 Å². The number of benzene rings is 3. The Kier molecular flexibility index (Phi) is 4.26. The van der Waals surface area contributed by atoms with Crippen LogP contribution in [-0.2, 0) is 4.79 Å². The molecule has 3 aromatic carbocycles. The number of aromatic nitrogens is 4. The number of rotatable bonds is 5. The van der Waals surface area contributed by atoms with Gasteiger partial charge in [0.15, 0.2) is 6.61 Å². The summed E-state index contributed by atoms with van der Waals surface area (Å²) in [4.78, 5) is 12.1. The zero-order valence-electron chi connectivity index (χ0n) is 13.7. The smallest absolute Gasteiger partial charge is 0.262 e. The first-order valence-corrected chi connectivity index (χ1v) is 8.03. The van der Waals surface area contributed by atoms with Crippen molar-refractivity contribution in [2.24, 2.45) is 0 Å². The number of nitrogens with zero attached hydrogens (tertiary/aromatic N) is 4. The molecule has 0 saturated carbocycles. The maximum atomic E-state index is 12.1. The van der Waals surface area contributed by atoms with E-state index >= 15 is 0 Å². The lowest BCUT2D eigenvalue weighted by atomic mass is 10.1. The second kappa shape index (κ2) is 7.02. The van der Waals surface area contributed by atoms with Crippen LogP contribution in [0.5, 0.6) is 5.75 Å². The number of anilines is 1. The van der Waals surface area contributed by atoms with Gasteiger partial charge in [-0.2, -0.15) is 0 Å². The van der Waals surface area contributed by atoms with E-state index in [-0.39, 0.29) is 12.5 Å². The normalized spacial score (nSPS) is 10.6. The summed E-state index contributed by atoms with van der Waals surface area (Å²) in [5, 5.41) is 16.0. The quantitative estimate of drug-likeness (QED) is 0.601. The topological polar surface area (TPSA) is 81.9 Å². The van der Waals surface area contributed by atoms with E-state index in [1.54, 1.807) is 12.1 Å². The lowest BCUT2D eigenvalue weighted by Crippen LogP contribution is -2.20. The fourth-order valence-corrected chi connectivity index (χ4v) is 2.58. The first kappa shape index (κ1) is 15.8. The van der Waals surface area contributed by atoms with E-state index in [4.69, 9.17) is 4.74 Å². The van der Waals surface area contributed by atoms with E-state index in [0.29, 0.717) is 11.4 Å². The van der Waals surface area contributed by atoms with Crippen molar-refractivity contribution in [2.45, 2.75) is 0 Å². The van der Waals surface area contributed by atoms with Crippen LogP contribution in [-0.4, -0.2) is 32.7 Å². The van der Waals surface area contributed by atoms with Crippen molar-refractivity contribution in [3.8, 4) is 11.4 Å². The Hall–Kier alpha value is -3.74. The third kappa shape index (κ3) is 3.51. The molecular weight excluding hydrogens is 330 g/mol. The lowest BCUT2D eigenvalue weighted by molar-refractivity contribution is -0.118. The number of hydrogen-bond acceptors (Lipinski definition) is 5. The van der Waals surface area contributed by atoms with Crippen LogP contribution in [0.15, 0.2) is 73.1 Å². The van der Waals surface area contributed by atoms with Gasteiger partial charge in [-0.25, -0.2) is 4.68 Å². The SMILES string of the molecule is O=C(COc1ccc2ccccc2c1)Nc1ccc(-n2cnnn2)cc1. The van der Waals surface area contributed by atoms with Crippen molar-refractivity contribution in [1.82, 2.24) is 20.2 Å². The summed E-state index contributed by atoms with van der Waals surface area (Å²) in [5.74, 6) is 0.432. The highest BCUT2D eigenvalue weighted by Crippen LogP contribution is 2.20. The highest BCUT2D eigenvalue weighted by molar-refractivity contribution is 5.92. The van der Waals surface area contributed by atoms with Gasteiger partial charge in [0.05, 0.1) is 5.69 Å². The molecule has 7 nitrogen and oxygen atoms in total. The number of fused-ring (bicyclic) bond motifs is 1. The number of nitrogens with one attached hydrogen (secondary N) is 1. The number of hydrogen-bond donors (Lipinski definition) is 1. The monoisotopic (exact) mass is 345 g/mol. The second-order valence-corrected chi connectivity index (χ2v) is 5.65. The van der Waals surface area contributed by atoms with Crippen molar-refractivity contribution in [2.75, 3.05) is 11.9 Å². The van der Waals surface area contributed by atoms with Gasteiger partial charge in [-0.3, -0.25) is 4.79 Å². The molecule has 7 heteroatoms. The third-order valence-corrected chi connectivity index (χ3v) is 3.86. The molecule has 0 aliphatic heterocycles. The maximum Gasteiger partial charge on any atom is 0.262 e. The number of carbonyl (C=O) groups is 1. The van der Waals surface area contributed by atoms with Crippen LogP contribution in [0.3, 0.4) is 0 Å². The Labute approximate surface area is 149 Å². The van der Waals surface area contributed by atoms with Gasteiger partial charge in [0.1, 0.15) is 12.1 Å². The Morgan fingerprint density at radius 2 is 1.81 bits per heavy atom. The van der Waals surface area contributed by atoms with Crippen LogP contribution < -0.4 is 10.1 Å². The molecule has 0 radical (unpaired) electrons. The molecule has 1 N–H and O–H groups in total. The van der Waals surface area contributed by atoms with E-state index in [0.717, 1.165) is 16.5 Å². The van der Waals surface area contributed by atoms with Gasteiger partial charge in [0.25, 0.3) is 5.91 Å². The first-order valence-electron chi connectivity index (χ1n) is 8.03. The molecule has 0 fully saturated rings. The minimum atomic E-state index is -0.228. The van der Waals surface area contributed by atoms with E-state index in [1.165, 1.54) is 11.0 Å². The van der Waals surface area contributed by atoms with E-state index in [2.05, 4.69) is 20.8 Å². The van der Waals surface area contributed by atoms with Crippen molar-refractivity contribution >= 4 is 22.4 Å². The molecule has 4 rings (SSSR count). The molecule has 0 bridgehead atoms. The average molecular weight is 345 g/mol. The van der Waals surface area contributed by atoms with Gasteiger partial charge in [-0.15, -0.1) is 5.10 Å². The zero-order chi connectivity index (χ0) is 17.8. The number of carbonyl (C=O) groups excluding carboxylic acids is 1. The Morgan fingerprint density at radius 1 is 1.00 bits per heavy atom. The predicted molar refractivity (Wildman–Crippen MR) is 97.2 cm³/mol. The summed E-state index contributed by atoms with van der Waals surface area (Å²) in [5.41, 5.74) is 1.48. The van der Waals surface area contributed by atoms with Crippen molar-refractivity contribution in [3.05, 3.63) is 73.1 Å². The zero-order valence-corrected chi connectivity index (χ0v) is 13.7. The third-order valence-electron chi connectivity index (χ3n) is 3.86. The van der Waals surface area contributed by atoms with Gasteiger partial charge in [-0.1, -0.05) is 30.3 Å². The van der Waals surface area contributed by atoms with Crippen LogP contribution in [0, 0.1) is 0 Å². The molecule has 26 heavy (non-hydrogen) atoms. The van der Waals surface area contributed by atoms with E-state index < -0.39 is 0 Å². The summed E-state index contributed by atoms with van der Waals surface area (Å²) in [6.07, 6.45) is 1.50. The maximum absolute atomic E-state index is 12.1. The standard InChI is InChI=1S/C19H15N5O2/c25-19(12-26-18-10-5-14-3-1-2-4-15(14)11-18)21-16-6-8-17(9-7-16)24-13-20-22-23-24/h1-11,13H,12H2,(H,21,25). The molecule has 0 unspecified atom stereocenters. The van der Waals surface area contributed by atoms with E-state index in [1.807, 2.05) is 54.6 Å². The molecule has 0 saturated heterocycles. The fourth-order valence-electron chi connectivity index (χ4n) is 2.58. The number of ether oxygens (including phenoxy) is 1. The average Bonchev–Trinajstić information content (AvgIpc) is 3.22. The van der Waals surface area contributed by atoms with Gasteiger partial charge in [-0.05, 0) is 57.6 Å². The van der Waals surface area contributed by atoms with Crippen molar-refractivity contribution in [3.63, 3.8) is 0 Å². The van der Waals surface area contributed by atoms with Gasteiger partial charge < -0.3 is 10.1 Å². The molecule has 1 amide bonds. The molecular formula is C19H15N5O2. The van der Waals surface area contributed by atoms with Crippen molar-refractivity contribution in [1.29, 1.82) is 0 Å². The molecule has 128 valence electrons. The highest BCUT2D eigenvalue weighted by atomic mass is 16.5. The molecule has 4 aromatic rings. The molecule has 0 aliphatic rings. The summed E-state index contributed by atoms with van der Waals surface area (Å²) >= 11 is 0. The summed E-state index contributed by atoms with van der Waals surface area (Å²) in [6, 6.07) is 20.9. The second-order valence-electron chi connectivity index (χ2n) is 5.65. The minimum absolute atomic E-state index is 0.0624. The van der Waals surface area contributed by atoms with Crippen LogP contribution in [0.1, 0.15) is 0 Å². The summed E-state index contributed by atoms with van der Waals surface area (Å²) < 4.78 is 7.12.